The highest BCUT2D eigenvalue weighted by atomic mass is 16.2. The Balaban J connectivity index is 1.78. The van der Waals surface area contributed by atoms with Gasteiger partial charge in [0.05, 0.1) is 0 Å². The van der Waals surface area contributed by atoms with Crippen molar-refractivity contribution in [1.29, 1.82) is 0 Å². The van der Waals surface area contributed by atoms with Crippen LogP contribution in [0.3, 0.4) is 0 Å². The summed E-state index contributed by atoms with van der Waals surface area (Å²) in [5.41, 5.74) is 2.05. The van der Waals surface area contributed by atoms with Gasteiger partial charge < -0.3 is 10.6 Å². The molecule has 0 saturated carbocycles. The van der Waals surface area contributed by atoms with Crippen LogP contribution in [0.15, 0.2) is 71.5 Å². The Morgan fingerprint density at radius 1 is 1.12 bits per heavy atom. The molecule has 2 aliphatic rings. The number of fused-ring (bicyclic) bond motifs is 1. The number of carbonyl (C=O) groups is 2. The van der Waals surface area contributed by atoms with Crippen LogP contribution in [0.1, 0.15) is 20.8 Å². The second-order valence-corrected chi connectivity index (χ2v) is 7.12. The van der Waals surface area contributed by atoms with Crippen molar-refractivity contribution in [2.75, 3.05) is 5.32 Å². The zero-order valence-corrected chi connectivity index (χ0v) is 14.5. The van der Waals surface area contributed by atoms with E-state index in [1.807, 2.05) is 45.1 Å². The van der Waals surface area contributed by atoms with Crippen LogP contribution < -0.4 is 10.6 Å². The molecule has 2 N–H and O–H groups in total. The fourth-order valence-electron chi connectivity index (χ4n) is 2.80. The maximum Gasteiger partial charge on any atom is 0.252 e. The molecule has 1 aromatic heterocycles. The minimum Gasteiger partial charge on any atom is -0.340 e. The summed E-state index contributed by atoms with van der Waals surface area (Å²) in [6, 6.07) is 4.59. The molecule has 0 spiro atoms. The molecule has 5 heteroatoms. The van der Waals surface area contributed by atoms with E-state index in [0.717, 1.165) is 11.1 Å². The van der Waals surface area contributed by atoms with E-state index >= 15 is 0 Å². The molecular formula is C20H21N3O2. The van der Waals surface area contributed by atoms with Gasteiger partial charge in [-0.05, 0) is 34.8 Å². The molecule has 1 heterocycles. The Hall–Kier alpha value is -2.95. The van der Waals surface area contributed by atoms with Crippen molar-refractivity contribution < 1.29 is 9.59 Å². The molecule has 0 fully saturated rings. The molecule has 0 aliphatic heterocycles. The number of nitrogens with one attached hydrogen (secondary N) is 2. The third kappa shape index (κ3) is 3.60. The number of aromatic nitrogens is 1. The van der Waals surface area contributed by atoms with Gasteiger partial charge in [0.25, 0.3) is 5.91 Å². The van der Waals surface area contributed by atoms with E-state index < -0.39 is 11.5 Å². The number of hydrogen-bond acceptors (Lipinski definition) is 3. The van der Waals surface area contributed by atoms with Crippen LogP contribution in [0.25, 0.3) is 0 Å². The van der Waals surface area contributed by atoms with Crippen LogP contribution >= 0.6 is 0 Å². The molecule has 2 amide bonds. The fourth-order valence-corrected chi connectivity index (χ4v) is 2.80. The van der Waals surface area contributed by atoms with Gasteiger partial charge in [0, 0.05) is 11.8 Å². The maximum absolute atomic E-state index is 12.7. The average Bonchev–Trinajstić information content (AvgIpc) is 3.15. The van der Waals surface area contributed by atoms with Gasteiger partial charge in [-0.1, -0.05) is 51.1 Å². The van der Waals surface area contributed by atoms with Gasteiger partial charge in [-0.15, -0.1) is 0 Å². The van der Waals surface area contributed by atoms with Gasteiger partial charge in [-0.25, -0.2) is 4.98 Å². The predicted molar refractivity (Wildman–Crippen MR) is 97.6 cm³/mol. The summed E-state index contributed by atoms with van der Waals surface area (Å²) in [7, 11) is 0. The van der Waals surface area contributed by atoms with E-state index in [-0.39, 0.29) is 11.8 Å². The second-order valence-electron chi connectivity index (χ2n) is 7.12. The molecule has 0 radical (unpaired) electrons. The number of anilines is 1. The fraction of sp³-hybridized carbons (Fsp3) is 0.250. The average molecular weight is 335 g/mol. The summed E-state index contributed by atoms with van der Waals surface area (Å²) in [5.74, 6) is -0.0788. The highest BCUT2D eigenvalue weighted by molar-refractivity contribution is 6.04. The summed E-state index contributed by atoms with van der Waals surface area (Å²) in [6.07, 6.45) is 11.1. The van der Waals surface area contributed by atoms with Crippen molar-refractivity contribution in [1.82, 2.24) is 10.3 Å². The topological polar surface area (TPSA) is 71.1 Å². The first-order valence-corrected chi connectivity index (χ1v) is 8.20. The SMILES string of the molecule is CC(C)(C)[C@H](NC(=O)C1=C2C=CC=C2C=C1)C(=O)Nc1ccccn1. The first-order chi connectivity index (χ1) is 11.9. The van der Waals surface area contributed by atoms with Crippen LogP contribution in [-0.2, 0) is 9.59 Å². The molecule has 0 aromatic carbocycles. The quantitative estimate of drug-likeness (QED) is 0.889. The van der Waals surface area contributed by atoms with Crippen molar-refractivity contribution in [3.63, 3.8) is 0 Å². The summed E-state index contributed by atoms with van der Waals surface area (Å²) in [6.45, 7) is 5.75. The minimum atomic E-state index is -0.693. The number of carbonyl (C=O) groups excluding carboxylic acids is 2. The first-order valence-electron chi connectivity index (χ1n) is 8.20. The van der Waals surface area contributed by atoms with Crippen LogP contribution in [0.4, 0.5) is 5.82 Å². The Morgan fingerprint density at radius 3 is 2.60 bits per heavy atom. The molecule has 1 aromatic rings. The monoisotopic (exact) mass is 335 g/mol. The molecule has 3 rings (SSSR count). The third-order valence-corrected chi connectivity index (χ3v) is 4.13. The van der Waals surface area contributed by atoms with Gasteiger partial charge >= 0.3 is 0 Å². The third-order valence-electron chi connectivity index (χ3n) is 4.13. The van der Waals surface area contributed by atoms with Gasteiger partial charge in [-0.2, -0.15) is 0 Å². The molecule has 1 atom stereocenters. The summed E-state index contributed by atoms with van der Waals surface area (Å²) < 4.78 is 0. The van der Waals surface area contributed by atoms with Crippen LogP contribution in [-0.4, -0.2) is 22.8 Å². The smallest absolute Gasteiger partial charge is 0.252 e. The number of nitrogens with zero attached hydrogens (tertiary/aromatic N) is 1. The Labute approximate surface area is 147 Å². The normalized spacial score (nSPS) is 16.5. The standard InChI is InChI=1S/C20H21N3O2/c1-20(2,3)17(19(25)22-16-9-4-5-12-21-16)23-18(24)15-11-10-13-7-6-8-14(13)15/h4-12,17H,1-3H3,(H,23,24)(H,21,22,25)/t17-/m1/s1. The maximum atomic E-state index is 12.7. The summed E-state index contributed by atoms with van der Waals surface area (Å²) >= 11 is 0. The Kier molecular flexibility index (Phi) is 4.40. The van der Waals surface area contributed by atoms with Crippen molar-refractivity contribution in [3.05, 3.63) is 71.5 Å². The predicted octanol–water partition coefficient (Wildman–Crippen LogP) is 2.91. The lowest BCUT2D eigenvalue weighted by Gasteiger charge is -2.30. The number of amides is 2. The molecular weight excluding hydrogens is 314 g/mol. The lowest BCUT2D eigenvalue weighted by Crippen LogP contribution is -2.51. The highest BCUT2D eigenvalue weighted by Crippen LogP contribution is 2.30. The Morgan fingerprint density at radius 2 is 1.92 bits per heavy atom. The lowest BCUT2D eigenvalue weighted by atomic mass is 9.85. The van der Waals surface area contributed by atoms with Gasteiger partial charge in [0.15, 0.2) is 0 Å². The number of allylic oxidation sites excluding steroid dienone is 6. The summed E-state index contributed by atoms with van der Waals surface area (Å²) in [4.78, 5) is 29.5. The lowest BCUT2D eigenvalue weighted by molar-refractivity contribution is -0.126. The van der Waals surface area contributed by atoms with E-state index in [1.165, 1.54) is 0 Å². The van der Waals surface area contributed by atoms with E-state index in [2.05, 4.69) is 15.6 Å². The van der Waals surface area contributed by atoms with E-state index in [0.29, 0.717) is 11.4 Å². The minimum absolute atomic E-state index is 0.253. The second kappa shape index (κ2) is 6.51. The van der Waals surface area contributed by atoms with Crippen LogP contribution in [0.5, 0.6) is 0 Å². The molecule has 0 bridgehead atoms. The highest BCUT2D eigenvalue weighted by Gasteiger charge is 2.34. The first kappa shape index (κ1) is 16.9. The molecule has 2 aliphatic carbocycles. The number of rotatable bonds is 4. The van der Waals surface area contributed by atoms with Crippen molar-refractivity contribution in [2.45, 2.75) is 26.8 Å². The van der Waals surface area contributed by atoms with Crippen molar-refractivity contribution in [3.8, 4) is 0 Å². The molecule has 0 unspecified atom stereocenters. The van der Waals surface area contributed by atoms with Gasteiger partial charge in [0.1, 0.15) is 11.9 Å². The summed E-state index contributed by atoms with van der Waals surface area (Å²) in [5, 5.41) is 5.65. The van der Waals surface area contributed by atoms with Gasteiger partial charge in [0.2, 0.25) is 5.91 Å². The van der Waals surface area contributed by atoms with Crippen molar-refractivity contribution >= 4 is 17.6 Å². The molecule has 0 saturated heterocycles. The van der Waals surface area contributed by atoms with E-state index in [9.17, 15) is 9.59 Å². The van der Waals surface area contributed by atoms with Gasteiger partial charge in [-0.3, -0.25) is 9.59 Å². The molecule has 128 valence electrons. The zero-order valence-electron chi connectivity index (χ0n) is 14.5. The number of hydrogen-bond donors (Lipinski definition) is 2. The zero-order chi connectivity index (χ0) is 18.0. The molecule has 5 nitrogen and oxygen atoms in total. The van der Waals surface area contributed by atoms with Crippen LogP contribution in [0.2, 0.25) is 0 Å². The largest absolute Gasteiger partial charge is 0.340 e. The Bertz CT molecular complexity index is 824. The van der Waals surface area contributed by atoms with E-state index in [1.54, 1.807) is 30.5 Å². The molecule has 25 heavy (non-hydrogen) atoms. The van der Waals surface area contributed by atoms with Crippen LogP contribution in [0, 0.1) is 5.41 Å². The van der Waals surface area contributed by atoms with E-state index in [4.69, 9.17) is 0 Å². The van der Waals surface area contributed by atoms with Crippen molar-refractivity contribution in [2.24, 2.45) is 5.41 Å². The number of pyridine rings is 1.